The molecular formula is C19H32N2O4. The molecule has 1 aromatic heterocycles. The summed E-state index contributed by atoms with van der Waals surface area (Å²) < 4.78 is 0. The zero-order valence-corrected chi connectivity index (χ0v) is 15.4. The fourth-order valence-electron chi connectivity index (χ4n) is 2.96. The summed E-state index contributed by atoms with van der Waals surface area (Å²) in [6, 6.07) is 5.30. The van der Waals surface area contributed by atoms with E-state index in [1.54, 1.807) is 12.1 Å². The van der Waals surface area contributed by atoms with E-state index < -0.39 is 18.4 Å². The molecule has 1 unspecified atom stereocenters. The third-order valence-electron chi connectivity index (χ3n) is 4.43. The molecule has 1 amide bonds. The molecule has 6 heteroatoms. The molecule has 25 heavy (non-hydrogen) atoms. The largest absolute Gasteiger partial charge is 0.396 e. The summed E-state index contributed by atoms with van der Waals surface area (Å²) in [5.74, 6) is -0.485. The number of hydrogen-bond donors (Lipinski definition) is 3. The maximum absolute atomic E-state index is 11.7. The molecule has 0 saturated carbocycles. The van der Waals surface area contributed by atoms with Gasteiger partial charge in [-0.3, -0.25) is 14.7 Å². The Kier molecular flexibility index (Phi) is 9.63. The number of carbonyl (C=O) groups excluding carboxylic acids is 1. The van der Waals surface area contributed by atoms with Gasteiger partial charge >= 0.3 is 0 Å². The topological polar surface area (TPSA) is 93.9 Å². The number of aliphatic hydroxyl groups is 3. The van der Waals surface area contributed by atoms with Crippen LogP contribution in [-0.2, 0) is 16.9 Å². The summed E-state index contributed by atoms with van der Waals surface area (Å²) in [6.45, 7) is 2.48. The van der Waals surface area contributed by atoms with Crippen LogP contribution in [0, 0.1) is 0 Å². The molecule has 1 rings (SSSR count). The Morgan fingerprint density at radius 1 is 1.16 bits per heavy atom. The first-order valence-electron chi connectivity index (χ1n) is 9.18. The van der Waals surface area contributed by atoms with E-state index >= 15 is 0 Å². The number of aliphatic hydroxyl groups excluding tert-OH is 2. The summed E-state index contributed by atoms with van der Waals surface area (Å²) in [4.78, 5) is 17.1. The average Bonchev–Trinajstić information content (AvgIpc) is 2.58. The third-order valence-corrected chi connectivity index (χ3v) is 4.43. The van der Waals surface area contributed by atoms with Crippen molar-refractivity contribution in [2.75, 3.05) is 13.3 Å². The molecule has 0 aliphatic heterocycles. The Balaban J connectivity index is 2.82. The Hall–Kier alpha value is -1.50. The van der Waals surface area contributed by atoms with Crippen molar-refractivity contribution in [2.24, 2.45) is 0 Å². The first-order valence-corrected chi connectivity index (χ1v) is 9.18. The van der Waals surface area contributed by atoms with Gasteiger partial charge in [0.1, 0.15) is 6.73 Å². The van der Waals surface area contributed by atoms with Gasteiger partial charge in [0.05, 0.1) is 5.69 Å². The van der Waals surface area contributed by atoms with Gasteiger partial charge in [0.25, 0.3) is 0 Å². The Bertz CT molecular complexity index is 524. The van der Waals surface area contributed by atoms with E-state index in [0.29, 0.717) is 0 Å². The van der Waals surface area contributed by atoms with Crippen molar-refractivity contribution in [1.29, 1.82) is 0 Å². The highest BCUT2D eigenvalue weighted by atomic mass is 16.3. The molecule has 1 heterocycles. The predicted octanol–water partition coefficient (Wildman–Crippen LogP) is 2.31. The number of unbranched alkanes of at least 4 members (excludes halogenated alkanes) is 5. The lowest BCUT2D eigenvalue weighted by atomic mass is 10.0. The van der Waals surface area contributed by atoms with E-state index in [2.05, 4.69) is 11.9 Å². The molecule has 1 atom stereocenters. The maximum atomic E-state index is 11.7. The van der Waals surface area contributed by atoms with Crippen LogP contribution in [0.4, 0.5) is 0 Å². The number of aryl methyl sites for hydroxylation is 1. The number of carbonyl (C=O) groups is 1. The number of amides is 1. The van der Waals surface area contributed by atoms with Crippen LogP contribution in [-0.4, -0.2) is 44.4 Å². The molecule has 0 saturated heterocycles. The lowest BCUT2D eigenvalue weighted by molar-refractivity contribution is -0.179. The van der Waals surface area contributed by atoms with Crippen molar-refractivity contribution in [3.05, 3.63) is 29.6 Å². The van der Waals surface area contributed by atoms with Crippen molar-refractivity contribution < 1.29 is 20.1 Å². The van der Waals surface area contributed by atoms with E-state index in [1.807, 2.05) is 6.07 Å². The van der Waals surface area contributed by atoms with Crippen molar-refractivity contribution in [1.82, 2.24) is 9.88 Å². The van der Waals surface area contributed by atoms with Gasteiger partial charge in [-0.25, -0.2) is 0 Å². The minimum atomic E-state index is -1.81. The van der Waals surface area contributed by atoms with Crippen LogP contribution in [0.3, 0.4) is 0 Å². The van der Waals surface area contributed by atoms with Crippen LogP contribution < -0.4 is 0 Å². The van der Waals surface area contributed by atoms with E-state index in [-0.39, 0.29) is 18.7 Å². The minimum absolute atomic E-state index is 0.111. The SMILES string of the molecule is CCCCCCCCc1cccc(C(O)(CCO)N(CO)C(C)=O)n1. The fourth-order valence-corrected chi connectivity index (χ4v) is 2.96. The van der Waals surface area contributed by atoms with Gasteiger partial charge in [0, 0.05) is 25.6 Å². The van der Waals surface area contributed by atoms with Crippen molar-refractivity contribution in [3.63, 3.8) is 0 Å². The molecule has 0 bridgehead atoms. The van der Waals surface area contributed by atoms with E-state index in [1.165, 1.54) is 32.6 Å². The second-order valence-corrected chi connectivity index (χ2v) is 6.41. The zero-order chi connectivity index (χ0) is 18.7. The summed E-state index contributed by atoms with van der Waals surface area (Å²) >= 11 is 0. The van der Waals surface area contributed by atoms with Crippen molar-refractivity contribution >= 4 is 5.91 Å². The summed E-state index contributed by atoms with van der Waals surface area (Å²) in [5, 5.41) is 29.7. The highest BCUT2D eigenvalue weighted by Gasteiger charge is 2.38. The van der Waals surface area contributed by atoms with Crippen LogP contribution in [0.15, 0.2) is 18.2 Å². The van der Waals surface area contributed by atoms with Gasteiger partial charge in [0.2, 0.25) is 5.91 Å². The van der Waals surface area contributed by atoms with Gasteiger partial charge < -0.3 is 15.3 Å². The number of hydrogen-bond acceptors (Lipinski definition) is 5. The van der Waals surface area contributed by atoms with Gasteiger partial charge in [-0.1, -0.05) is 45.1 Å². The molecule has 0 aromatic carbocycles. The molecule has 0 aliphatic rings. The van der Waals surface area contributed by atoms with Crippen molar-refractivity contribution in [2.45, 2.75) is 70.9 Å². The van der Waals surface area contributed by atoms with Crippen molar-refractivity contribution in [3.8, 4) is 0 Å². The second kappa shape index (κ2) is 11.2. The van der Waals surface area contributed by atoms with Crippen LogP contribution in [0.5, 0.6) is 0 Å². The monoisotopic (exact) mass is 352 g/mol. The molecule has 0 radical (unpaired) electrons. The van der Waals surface area contributed by atoms with Gasteiger partial charge in [-0.05, 0) is 25.0 Å². The van der Waals surface area contributed by atoms with E-state index in [9.17, 15) is 20.1 Å². The smallest absolute Gasteiger partial charge is 0.223 e. The number of aromatic nitrogens is 1. The molecule has 6 nitrogen and oxygen atoms in total. The predicted molar refractivity (Wildman–Crippen MR) is 96.5 cm³/mol. The second-order valence-electron chi connectivity index (χ2n) is 6.41. The van der Waals surface area contributed by atoms with Gasteiger partial charge in [0.15, 0.2) is 5.72 Å². The lowest BCUT2D eigenvalue weighted by Crippen LogP contribution is -2.50. The quantitative estimate of drug-likeness (QED) is 0.396. The standard InChI is InChI=1S/C19H32N2O4/c1-3-4-5-6-7-8-10-17-11-9-12-18(20-17)19(25,13-14-22)21(15-23)16(2)24/h9,11-12,22-23,25H,3-8,10,13-15H2,1-2H3. The minimum Gasteiger partial charge on any atom is -0.396 e. The lowest BCUT2D eigenvalue weighted by Gasteiger charge is -2.37. The maximum Gasteiger partial charge on any atom is 0.223 e. The first kappa shape index (κ1) is 21.5. The van der Waals surface area contributed by atoms with Gasteiger partial charge in [-0.15, -0.1) is 0 Å². The van der Waals surface area contributed by atoms with E-state index in [0.717, 1.165) is 29.9 Å². The normalized spacial score (nSPS) is 13.5. The molecule has 0 aliphatic carbocycles. The molecule has 142 valence electrons. The number of nitrogens with zero attached hydrogens (tertiary/aromatic N) is 2. The highest BCUT2D eigenvalue weighted by Crippen LogP contribution is 2.28. The average molecular weight is 352 g/mol. The van der Waals surface area contributed by atoms with E-state index in [4.69, 9.17) is 0 Å². The fraction of sp³-hybridized carbons (Fsp3) is 0.684. The number of rotatable bonds is 12. The molecule has 1 aromatic rings. The van der Waals surface area contributed by atoms with Crippen LogP contribution in [0.1, 0.15) is 70.2 Å². The summed E-state index contributed by atoms with van der Waals surface area (Å²) in [7, 11) is 0. The number of pyridine rings is 1. The summed E-state index contributed by atoms with van der Waals surface area (Å²) in [6.07, 6.45) is 7.82. The third kappa shape index (κ3) is 6.38. The summed E-state index contributed by atoms with van der Waals surface area (Å²) in [5.41, 5.74) is -0.702. The van der Waals surface area contributed by atoms with Gasteiger partial charge in [-0.2, -0.15) is 0 Å². The highest BCUT2D eigenvalue weighted by molar-refractivity contribution is 5.74. The molecular weight excluding hydrogens is 320 g/mol. The van der Waals surface area contributed by atoms with Crippen LogP contribution in [0.2, 0.25) is 0 Å². The Morgan fingerprint density at radius 2 is 1.84 bits per heavy atom. The first-order chi connectivity index (χ1) is 12.0. The molecule has 3 N–H and O–H groups in total. The van der Waals surface area contributed by atoms with Crippen LogP contribution >= 0.6 is 0 Å². The zero-order valence-electron chi connectivity index (χ0n) is 15.4. The Labute approximate surface area is 150 Å². The Morgan fingerprint density at radius 3 is 2.44 bits per heavy atom. The molecule has 0 fully saturated rings. The van der Waals surface area contributed by atoms with Crippen LogP contribution in [0.25, 0.3) is 0 Å². The molecule has 0 spiro atoms.